The number of rotatable bonds is 1. The van der Waals surface area contributed by atoms with Gasteiger partial charge >= 0.3 is 0 Å². The molecule has 1 aliphatic rings. The summed E-state index contributed by atoms with van der Waals surface area (Å²) in [6.07, 6.45) is 6.24. The van der Waals surface area contributed by atoms with E-state index in [1.54, 1.807) is 0 Å². The van der Waals surface area contributed by atoms with Gasteiger partial charge in [-0.2, -0.15) is 0 Å². The van der Waals surface area contributed by atoms with E-state index in [1.165, 1.54) is 17.8 Å². The van der Waals surface area contributed by atoms with Gasteiger partial charge in [0.1, 0.15) is 5.82 Å². The molecule has 2 heteroatoms. The minimum atomic E-state index is 0.653. The van der Waals surface area contributed by atoms with Crippen LogP contribution in [-0.2, 0) is 13.0 Å². The normalized spacial score (nSPS) is 21.9. The van der Waals surface area contributed by atoms with Crippen molar-refractivity contribution in [2.75, 3.05) is 0 Å². The topological polar surface area (TPSA) is 17.8 Å². The summed E-state index contributed by atoms with van der Waals surface area (Å²) < 4.78 is 2.24. The summed E-state index contributed by atoms with van der Waals surface area (Å²) in [7, 11) is 0. The maximum absolute atomic E-state index is 4.31. The molecule has 1 aromatic heterocycles. The van der Waals surface area contributed by atoms with Crippen molar-refractivity contribution >= 4 is 0 Å². The van der Waals surface area contributed by atoms with E-state index in [9.17, 15) is 0 Å². The van der Waals surface area contributed by atoms with Crippen molar-refractivity contribution in [1.29, 1.82) is 0 Å². The fourth-order valence-corrected chi connectivity index (χ4v) is 1.77. The van der Waals surface area contributed by atoms with Gasteiger partial charge < -0.3 is 4.57 Å². The van der Waals surface area contributed by atoms with Gasteiger partial charge in [0.2, 0.25) is 0 Å². The average Bonchev–Trinajstić information content (AvgIpc) is 2.49. The molecule has 0 amide bonds. The molecule has 2 heterocycles. The highest BCUT2D eigenvalue weighted by Crippen LogP contribution is 2.23. The Hall–Kier alpha value is -1.05. The molecule has 64 valence electrons. The zero-order valence-electron chi connectivity index (χ0n) is 7.45. The van der Waals surface area contributed by atoms with E-state index in [0.29, 0.717) is 5.92 Å². The van der Waals surface area contributed by atoms with Gasteiger partial charge in [0.25, 0.3) is 0 Å². The zero-order valence-corrected chi connectivity index (χ0v) is 7.45. The minimum absolute atomic E-state index is 0.653. The van der Waals surface area contributed by atoms with Gasteiger partial charge in [0, 0.05) is 25.4 Å². The predicted molar refractivity (Wildman–Crippen MR) is 48.9 cm³/mol. The monoisotopic (exact) mass is 162 g/mol. The molecule has 1 atom stereocenters. The molecule has 0 fully saturated rings. The first-order valence-corrected chi connectivity index (χ1v) is 4.43. The molecule has 2 rings (SSSR count). The minimum Gasteiger partial charge on any atom is -0.335 e. The van der Waals surface area contributed by atoms with Crippen LogP contribution in [-0.4, -0.2) is 9.55 Å². The highest BCUT2D eigenvalue weighted by molar-refractivity contribution is 5.06. The molecule has 0 saturated carbocycles. The zero-order chi connectivity index (χ0) is 8.55. The van der Waals surface area contributed by atoms with E-state index in [1.807, 2.05) is 6.20 Å². The van der Waals surface area contributed by atoms with Crippen molar-refractivity contribution in [3.05, 3.63) is 30.4 Å². The molecule has 0 spiro atoms. The molecule has 1 aliphatic heterocycles. The third-order valence-corrected chi connectivity index (χ3v) is 2.65. The number of fused-ring (bicyclic) bond motifs is 1. The van der Waals surface area contributed by atoms with Gasteiger partial charge in [0.05, 0.1) is 0 Å². The van der Waals surface area contributed by atoms with Gasteiger partial charge in [-0.1, -0.05) is 12.2 Å². The van der Waals surface area contributed by atoms with Gasteiger partial charge in [0.15, 0.2) is 0 Å². The van der Waals surface area contributed by atoms with Gasteiger partial charge in [-0.05, 0) is 19.3 Å². The number of nitrogens with zero attached hydrogens (tertiary/aromatic N) is 2. The van der Waals surface area contributed by atoms with Crippen LogP contribution in [0.1, 0.15) is 19.2 Å². The van der Waals surface area contributed by atoms with Crippen LogP contribution in [0.15, 0.2) is 24.5 Å². The summed E-state index contributed by atoms with van der Waals surface area (Å²) in [6, 6.07) is 0. The van der Waals surface area contributed by atoms with Gasteiger partial charge in [-0.25, -0.2) is 4.98 Å². The Morgan fingerprint density at radius 2 is 2.58 bits per heavy atom. The van der Waals surface area contributed by atoms with Crippen LogP contribution in [0, 0.1) is 5.92 Å². The summed E-state index contributed by atoms with van der Waals surface area (Å²) in [5.41, 5.74) is 1.30. The van der Waals surface area contributed by atoms with E-state index >= 15 is 0 Å². The van der Waals surface area contributed by atoms with Crippen molar-refractivity contribution in [2.24, 2.45) is 5.92 Å². The number of imidazole rings is 1. The number of hydrogen-bond acceptors (Lipinski definition) is 1. The van der Waals surface area contributed by atoms with E-state index < -0.39 is 0 Å². The molecule has 0 radical (unpaired) electrons. The van der Waals surface area contributed by atoms with E-state index in [4.69, 9.17) is 0 Å². The van der Waals surface area contributed by atoms with Crippen molar-refractivity contribution in [1.82, 2.24) is 9.55 Å². The average molecular weight is 162 g/mol. The molecule has 0 aromatic carbocycles. The molecule has 2 nitrogen and oxygen atoms in total. The Kier molecular flexibility index (Phi) is 1.75. The number of aromatic nitrogens is 2. The fraction of sp³-hybridized carbons (Fsp3) is 0.500. The second kappa shape index (κ2) is 2.77. The summed E-state index contributed by atoms with van der Waals surface area (Å²) in [5, 5.41) is 0. The molecule has 0 bridgehead atoms. The Labute approximate surface area is 72.9 Å². The molecule has 0 aliphatic carbocycles. The maximum atomic E-state index is 4.31. The molecular formula is C10H14N2. The Morgan fingerprint density at radius 3 is 3.33 bits per heavy atom. The van der Waals surface area contributed by atoms with E-state index in [0.717, 1.165) is 13.0 Å². The highest BCUT2D eigenvalue weighted by Gasteiger charge is 2.18. The lowest BCUT2D eigenvalue weighted by Gasteiger charge is -2.23. The first-order valence-electron chi connectivity index (χ1n) is 4.43. The van der Waals surface area contributed by atoms with Crippen LogP contribution in [0.2, 0.25) is 0 Å². The third-order valence-electron chi connectivity index (χ3n) is 2.65. The quantitative estimate of drug-likeness (QED) is 0.578. The highest BCUT2D eigenvalue weighted by atomic mass is 15.1. The summed E-state index contributed by atoms with van der Waals surface area (Å²) in [4.78, 5) is 4.31. The largest absolute Gasteiger partial charge is 0.335 e. The lowest BCUT2D eigenvalue weighted by Crippen LogP contribution is -2.19. The first kappa shape index (κ1) is 7.59. The second-order valence-electron chi connectivity index (χ2n) is 3.57. The summed E-state index contributed by atoms with van der Waals surface area (Å²) >= 11 is 0. The van der Waals surface area contributed by atoms with E-state index in [-0.39, 0.29) is 0 Å². The Morgan fingerprint density at radius 1 is 1.75 bits per heavy atom. The SMILES string of the molecule is C=C(C)C1CCn2ccnc2C1. The molecule has 0 N–H and O–H groups in total. The maximum Gasteiger partial charge on any atom is 0.109 e. The van der Waals surface area contributed by atoms with Gasteiger partial charge in [-0.15, -0.1) is 0 Å². The van der Waals surface area contributed by atoms with Crippen molar-refractivity contribution in [3.8, 4) is 0 Å². The second-order valence-corrected chi connectivity index (χ2v) is 3.57. The van der Waals surface area contributed by atoms with Crippen molar-refractivity contribution in [3.63, 3.8) is 0 Å². The Bertz CT molecular complexity index is 299. The predicted octanol–water partition coefficient (Wildman–Crippen LogP) is 2.02. The third kappa shape index (κ3) is 1.17. The lowest BCUT2D eigenvalue weighted by atomic mass is 9.92. The van der Waals surface area contributed by atoms with Crippen LogP contribution in [0.3, 0.4) is 0 Å². The van der Waals surface area contributed by atoms with Crippen LogP contribution in [0.4, 0.5) is 0 Å². The van der Waals surface area contributed by atoms with Crippen LogP contribution < -0.4 is 0 Å². The number of aryl methyl sites for hydroxylation is 1. The van der Waals surface area contributed by atoms with Crippen molar-refractivity contribution < 1.29 is 0 Å². The number of allylic oxidation sites excluding steroid dienone is 1. The summed E-state index contributed by atoms with van der Waals surface area (Å²) in [6.45, 7) is 7.22. The van der Waals surface area contributed by atoms with Crippen LogP contribution >= 0.6 is 0 Å². The molecule has 1 unspecified atom stereocenters. The fourth-order valence-electron chi connectivity index (χ4n) is 1.77. The molecule has 0 saturated heterocycles. The molecule has 12 heavy (non-hydrogen) atoms. The Balaban J connectivity index is 2.20. The van der Waals surface area contributed by atoms with Gasteiger partial charge in [-0.3, -0.25) is 0 Å². The lowest BCUT2D eigenvalue weighted by molar-refractivity contribution is 0.427. The van der Waals surface area contributed by atoms with E-state index in [2.05, 4.69) is 29.3 Å². The smallest absolute Gasteiger partial charge is 0.109 e. The first-order chi connectivity index (χ1) is 5.77. The summed E-state index contributed by atoms with van der Waals surface area (Å²) in [5.74, 6) is 1.87. The molecule has 1 aromatic rings. The van der Waals surface area contributed by atoms with Crippen LogP contribution in [0.5, 0.6) is 0 Å². The van der Waals surface area contributed by atoms with Crippen molar-refractivity contribution in [2.45, 2.75) is 26.3 Å². The number of hydrogen-bond donors (Lipinski definition) is 0. The standard InChI is InChI=1S/C10H14N2/c1-8(2)9-3-5-12-6-4-11-10(12)7-9/h4,6,9H,1,3,5,7H2,2H3. The molecular weight excluding hydrogens is 148 g/mol. The van der Waals surface area contributed by atoms with Crippen LogP contribution in [0.25, 0.3) is 0 Å².